The van der Waals surface area contributed by atoms with Gasteiger partial charge >= 0.3 is 0 Å². The Kier molecular flexibility index (Phi) is 4.74. The van der Waals surface area contributed by atoms with Gasteiger partial charge in [-0.05, 0) is 36.6 Å². The standard InChI is InChI=1S/C16H22N2O/c1-3-10-17-11-13(2)12-18-15-7-5-4-6-14(15)8-9-16(18)19/h4-7,17H,2-3,8-12H2,1H3. The third-order valence-corrected chi connectivity index (χ3v) is 3.38. The molecular formula is C16H22N2O. The molecular weight excluding hydrogens is 236 g/mol. The molecule has 2 rings (SSSR count). The molecule has 3 nitrogen and oxygen atoms in total. The Hall–Kier alpha value is -1.61. The molecule has 0 saturated heterocycles. The lowest BCUT2D eigenvalue weighted by atomic mass is 10.0. The van der Waals surface area contributed by atoms with Gasteiger partial charge in [-0.3, -0.25) is 4.79 Å². The average Bonchev–Trinajstić information content (AvgIpc) is 2.42. The Morgan fingerprint density at radius 2 is 2.16 bits per heavy atom. The highest BCUT2D eigenvalue weighted by Crippen LogP contribution is 2.27. The number of benzene rings is 1. The van der Waals surface area contributed by atoms with Crippen LogP contribution < -0.4 is 10.2 Å². The second-order valence-corrected chi connectivity index (χ2v) is 5.04. The van der Waals surface area contributed by atoms with Crippen LogP contribution in [0.25, 0.3) is 0 Å². The van der Waals surface area contributed by atoms with Gasteiger partial charge in [-0.1, -0.05) is 31.7 Å². The van der Waals surface area contributed by atoms with Crippen LogP contribution in [0.2, 0.25) is 0 Å². The zero-order valence-electron chi connectivity index (χ0n) is 11.6. The number of aryl methyl sites for hydroxylation is 1. The maximum atomic E-state index is 12.1. The number of nitrogens with zero attached hydrogens (tertiary/aromatic N) is 1. The van der Waals surface area contributed by atoms with Crippen molar-refractivity contribution in [3.05, 3.63) is 42.0 Å². The molecule has 1 N–H and O–H groups in total. The number of para-hydroxylation sites is 1. The van der Waals surface area contributed by atoms with E-state index in [9.17, 15) is 4.79 Å². The maximum absolute atomic E-state index is 12.1. The first-order valence-corrected chi connectivity index (χ1v) is 6.98. The first-order chi connectivity index (χ1) is 9.22. The Morgan fingerprint density at radius 3 is 2.95 bits per heavy atom. The van der Waals surface area contributed by atoms with Crippen LogP contribution in [0.4, 0.5) is 5.69 Å². The van der Waals surface area contributed by atoms with Crippen LogP contribution in [0.3, 0.4) is 0 Å². The second-order valence-electron chi connectivity index (χ2n) is 5.04. The fraction of sp³-hybridized carbons (Fsp3) is 0.438. The van der Waals surface area contributed by atoms with E-state index >= 15 is 0 Å². The monoisotopic (exact) mass is 258 g/mol. The third-order valence-electron chi connectivity index (χ3n) is 3.38. The Bertz CT molecular complexity index is 468. The highest BCUT2D eigenvalue weighted by molar-refractivity contribution is 5.96. The van der Waals surface area contributed by atoms with Gasteiger partial charge in [-0.2, -0.15) is 0 Å². The number of nitrogens with one attached hydrogen (secondary N) is 1. The lowest BCUT2D eigenvalue weighted by molar-refractivity contribution is -0.118. The highest BCUT2D eigenvalue weighted by Gasteiger charge is 2.23. The predicted molar refractivity (Wildman–Crippen MR) is 79.4 cm³/mol. The molecule has 0 aliphatic carbocycles. The van der Waals surface area contributed by atoms with Gasteiger partial charge in [0.25, 0.3) is 0 Å². The molecule has 0 aromatic heterocycles. The van der Waals surface area contributed by atoms with Gasteiger partial charge in [0.1, 0.15) is 0 Å². The van der Waals surface area contributed by atoms with E-state index in [0.29, 0.717) is 13.0 Å². The normalized spacial score (nSPS) is 14.4. The lowest BCUT2D eigenvalue weighted by Gasteiger charge is -2.30. The quantitative estimate of drug-likeness (QED) is 0.628. The van der Waals surface area contributed by atoms with Crippen molar-refractivity contribution >= 4 is 11.6 Å². The van der Waals surface area contributed by atoms with Gasteiger partial charge in [0.2, 0.25) is 5.91 Å². The first-order valence-electron chi connectivity index (χ1n) is 6.98. The molecule has 102 valence electrons. The van der Waals surface area contributed by atoms with Gasteiger partial charge in [0.15, 0.2) is 0 Å². The minimum Gasteiger partial charge on any atom is -0.313 e. The maximum Gasteiger partial charge on any atom is 0.227 e. The summed E-state index contributed by atoms with van der Waals surface area (Å²) >= 11 is 0. The molecule has 1 amide bonds. The van der Waals surface area contributed by atoms with Crippen LogP contribution in [0.15, 0.2) is 36.4 Å². The molecule has 1 aliphatic rings. The van der Waals surface area contributed by atoms with Crippen molar-refractivity contribution in [3.8, 4) is 0 Å². The highest BCUT2D eigenvalue weighted by atomic mass is 16.2. The lowest BCUT2D eigenvalue weighted by Crippen LogP contribution is -2.37. The van der Waals surface area contributed by atoms with E-state index in [2.05, 4.69) is 24.9 Å². The third kappa shape index (κ3) is 3.44. The molecule has 1 heterocycles. The molecule has 0 saturated carbocycles. The summed E-state index contributed by atoms with van der Waals surface area (Å²) in [5.41, 5.74) is 3.37. The number of anilines is 1. The van der Waals surface area contributed by atoms with Crippen LogP contribution in [0, 0.1) is 0 Å². The molecule has 0 atom stereocenters. The average molecular weight is 258 g/mol. The fourth-order valence-electron chi connectivity index (χ4n) is 2.39. The fourth-order valence-corrected chi connectivity index (χ4v) is 2.39. The van der Waals surface area contributed by atoms with Crippen LogP contribution in [0.5, 0.6) is 0 Å². The summed E-state index contributed by atoms with van der Waals surface area (Å²) in [6.07, 6.45) is 2.57. The minimum atomic E-state index is 0.204. The van der Waals surface area contributed by atoms with Crippen molar-refractivity contribution < 1.29 is 4.79 Å². The van der Waals surface area contributed by atoms with Gasteiger partial charge in [-0.25, -0.2) is 0 Å². The smallest absolute Gasteiger partial charge is 0.227 e. The summed E-state index contributed by atoms with van der Waals surface area (Å²) in [6, 6.07) is 8.15. The number of carbonyl (C=O) groups excluding carboxylic acids is 1. The molecule has 19 heavy (non-hydrogen) atoms. The largest absolute Gasteiger partial charge is 0.313 e. The molecule has 1 aliphatic heterocycles. The Labute approximate surface area is 115 Å². The van der Waals surface area contributed by atoms with Crippen LogP contribution in [-0.2, 0) is 11.2 Å². The van der Waals surface area contributed by atoms with Crippen LogP contribution in [0.1, 0.15) is 25.3 Å². The van der Waals surface area contributed by atoms with Crippen molar-refractivity contribution in [3.63, 3.8) is 0 Å². The molecule has 3 heteroatoms. The van der Waals surface area contributed by atoms with E-state index in [-0.39, 0.29) is 5.91 Å². The number of amides is 1. The van der Waals surface area contributed by atoms with Crippen LogP contribution >= 0.6 is 0 Å². The van der Waals surface area contributed by atoms with E-state index in [0.717, 1.165) is 37.2 Å². The molecule has 0 unspecified atom stereocenters. The van der Waals surface area contributed by atoms with Crippen molar-refractivity contribution in [2.75, 3.05) is 24.5 Å². The van der Waals surface area contributed by atoms with E-state index in [1.54, 1.807) is 0 Å². The Balaban J connectivity index is 2.03. The van der Waals surface area contributed by atoms with E-state index in [1.165, 1.54) is 5.56 Å². The van der Waals surface area contributed by atoms with Gasteiger partial charge in [0.05, 0.1) is 0 Å². The van der Waals surface area contributed by atoms with Gasteiger partial charge < -0.3 is 10.2 Å². The van der Waals surface area contributed by atoms with Gasteiger partial charge in [0, 0.05) is 25.2 Å². The Morgan fingerprint density at radius 1 is 1.37 bits per heavy atom. The number of hydrogen-bond acceptors (Lipinski definition) is 2. The SMILES string of the molecule is C=C(CNCCC)CN1C(=O)CCc2ccccc21. The predicted octanol–water partition coefficient (Wildman–Crippen LogP) is 2.52. The number of fused-ring (bicyclic) bond motifs is 1. The zero-order valence-corrected chi connectivity index (χ0v) is 11.6. The second kappa shape index (κ2) is 6.53. The van der Waals surface area contributed by atoms with Crippen molar-refractivity contribution in [1.82, 2.24) is 5.32 Å². The topological polar surface area (TPSA) is 32.3 Å². The van der Waals surface area contributed by atoms with Crippen molar-refractivity contribution in [2.45, 2.75) is 26.2 Å². The van der Waals surface area contributed by atoms with Crippen LogP contribution in [-0.4, -0.2) is 25.5 Å². The summed E-state index contributed by atoms with van der Waals surface area (Å²) in [4.78, 5) is 14.0. The molecule has 0 radical (unpaired) electrons. The van der Waals surface area contributed by atoms with Crippen molar-refractivity contribution in [2.24, 2.45) is 0 Å². The summed E-state index contributed by atoms with van der Waals surface area (Å²) < 4.78 is 0. The number of hydrogen-bond donors (Lipinski definition) is 1. The molecule has 0 fully saturated rings. The molecule has 0 bridgehead atoms. The number of carbonyl (C=O) groups is 1. The summed E-state index contributed by atoms with van der Waals surface area (Å²) in [7, 11) is 0. The summed E-state index contributed by atoms with van der Waals surface area (Å²) in [5, 5.41) is 3.33. The van der Waals surface area contributed by atoms with E-state index in [1.807, 2.05) is 23.1 Å². The van der Waals surface area contributed by atoms with Gasteiger partial charge in [-0.15, -0.1) is 0 Å². The van der Waals surface area contributed by atoms with E-state index in [4.69, 9.17) is 0 Å². The van der Waals surface area contributed by atoms with E-state index < -0.39 is 0 Å². The summed E-state index contributed by atoms with van der Waals surface area (Å²) in [6.45, 7) is 8.60. The minimum absolute atomic E-state index is 0.204. The van der Waals surface area contributed by atoms with Crippen molar-refractivity contribution in [1.29, 1.82) is 0 Å². The summed E-state index contributed by atoms with van der Waals surface area (Å²) in [5.74, 6) is 0.204. The zero-order chi connectivity index (χ0) is 13.7. The molecule has 1 aromatic rings. The number of rotatable bonds is 6. The molecule has 1 aromatic carbocycles. The first kappa shape index (κ1) is 13.8. The molecule has 0 spiro atoms.